The summed E-state index contributed by atoms with van der Waals surface area (Å²) >= 11 is 0. The highest BCUT2D eigenvalue weighted by atomic mass is 14.3. The van der Waals surface area contributed by atoms with Crippen molar-refractivity contribution in [1.29, 1.82) is 0 Å². The van der Waals surface area contributed by atoms with Gasteiger partial charge in [0.1, 0.15) is 0 Å². The van der Waals surface area contributed by atoms with Crippen molar-refractivity contribution in [3.8, 4) is 0 Å². The Morgan fingerprint density at radius 1 is 1.06 bits per heavy atom. The molecular formula is C18H26. The highest BCUT2D eigenvalue weighted by Crippen LogP contribution is 2.40. The number of benzene rings is 1. The van der Waals surface area contributed by atoms with Gasteiger partial charge in [0.2, 0.25) is 0 Å². The van der Waals surface area contributed by atoms with Crippen LogP contribution in [-0.2, 0) is 6.42 Å². The van der Waals surface area contributed by atoms with Crippen LogP contribution in [0.25, 0.3) is 0 Å². The Morgan fingerprint density at radius 3 is 2.39 bits per heavy atom. The van der Waals surface area contributed by atoms with Gasteiger partial charge in [-0.2, -0.15) is 0 Å². The molecule has 1 atom stereocenters. The first-order valence-electron chi connectivity index (χ1n) is 7.92. The molecule has 1 aromatic rings. The van der Waals surface area contributed by atoms with E-state index in [1.807, 2.05) is 0 Å². The Kier molecular flexibility index (Phi) is 3.72. The van der Waals surface area contributed by atoms with E-state index in [0.717, 1.165) is 17.8 Å². The lowest BCUT2D eigenvalue weighted by Gasteiger charge is -2.33. The third kappa shape index (κ3) is 2.48. The minimum Gasteiger partial charge on any atom is -0.0620 e. The van der Waals surface area contributed by atoms with Crippen LogP contribution in [0.3, 0.4) is 0 Å². The average molecular weight is 242 g/mol. The molecule has 0 N–H and O–H groups in total. The standard InChI is InChI=1S/C18H26/c1-14(16-9-5-10-16)18-11-3-2-8-17(18)13-12-15-6-4-7-15/h2-3,8,11,14-16H,4-7,9-10,12-13H2,1H3. The van der Waals surface area contributed by atoms with E-state index in [9.17, 15) is 0 Å². The van der Waals surface area contributed by atoms with Crippen molar-refractivity contribution in [3.05, 3.63) is 35.4 Å². The Hall–Kier alpha value is -0.780. The van der Waals surface area contributed by atoms with E-state index in [-0.39, 0.29) is 0 Å². The van der Waals surface area contributed by atoms with Crippen molar-refractivity contribution in [2.75, 3.05) is 0 Å². The molecule has 1 unspecified atom stereocenters. The van der Waals surface area contributed by atoms with E-state index in [2.05, 4.69) is 31.2 Å². The van der Waals surface area contributed by atoms with Gasteiger partial charge < -0.3 is 0 Å². The summed E-state index contributed by atoms with van der Waals surface area (Å²) in [5.41, 5.74) is 3.30. The summed E-state index contributed by atoms with van der Waals surface area (Å²) in [6.45, 7) is 2.45. The van der Waals surface area contributed by atoms with Gasteiger partial charge in [0, 0.05) is 0 Å². The molecule has 2 fully saturated rings. The normalized spacial score (nSPS) is 22.3. The first-order valence-corrected chi connectivity index (χ1v) is 7.92. The third-order valence-electron chi connectivity index (χ3n) is 5.45. The summed E-state index contributed by atoms with van der Waals surface area (Å²) in [6, 6.07) is 9.23. The molecular weight excluding hydrogens is 216 g/mol. The highest BCUT2D eigenvalue weighted by molar-refractivity contribution is 5.31. The molecule has 0 saturated heterocycles. The van der Waals surface area contributed by atoms with Gasteiger partial charge in [0.05, 0.1) is 0 Å². The first-order chi connectivity index (χ1) is 8.84. The van der Waals surface area contributed by atoms with E-state index in [0.29, 0.717) is 0 Å². The molecule has 2 saturated carbocycles. The van der Waals surface area contributed by atoms with Crippen molar-refractivity contribution < 1.29 is 0 Å². The zero-order valence-electron chi connectivity index (χ0n) is 11.7. The van der Waals surface area contributed by atoms with E-state index in [1.165, 1.54) is 51.4 Å². The summed E-state index contributed by atoms with van der Waals surface area (Å²) in [4.78, 5) is 0. The maximum Gasteiger partial charge on any atom is -0.0159 e. The van der Waals surface area contributed by atoms with Crippen LogP contribution in [0.2, 0.25) is 0 Å². The Morgan fingerprint density at radius 2 is 1.78 bits per heavy atom. The predicted octanol–water partition coefficient (Wildman–Crippen LogP) is 5.32. The van der Waals surface area contributed by atoms with Crippen LogP contribution >= 0.6 is 0 Å². The zero-order valence-corrected chi connectivity index (χ0v) is 11.7. The van der Waals surface area contributed by atoms with Gasteiger partial charge >= 0.3 is 0 Å². The summed E-state index contributed by atoms with van der Waals surface area (Å²) in [5.74, 6) is 2.79. The number of rotatable bonds is 5. The SMILES string of the molecule is CC(c1ccccc1CCC1CCC1)C1CCC1. The van der Waals surface area contributed by atoms with Gasteiger partial charge in [0.15, 0.2) is 0 Å². The van der Waals surface area contributed by atoms with E-state index in [4.69, 9.17) is 0 Å². The number of aryl methyl sites for hydroxylation is 1. The van der Waals surface area contributed by atoms with Crippen LogP contribution in [0.4, 0.5) is 0 Å². The molecule has 2 aliphatic carbocycles. The second-order valence-corrected chi connectivity index (χ2v) is 6.51. The lowest BCUT2D eigenvalue weighted by molar-refractivity contribution is 0.270. The minimum absolute atomic E-state index is 0.788. The summed E-state index contributed by atoms with van der Waals surface area (Å²) in [7, 11) is 0. The van der Waals surface area contributed by atoms with Crippen molar-refractivity contribution >= 4 is 0 Å². The summed E-state index contributed by atoms with van der Waals surface area (Å²) < 4.78 is 0. The van der Waals surface area contributed by atoms with E-state index >= 15 is 0 Å². The van der Waals surface area contributed by atoms with Crippen LogP contribution in [0.1, 0.15) is 68.9 Å². The lowest BCUT2D eigenvalue weighted by atomic mass is 9.72. The molecule has 0 amide bonds. The zero-order chi connectivity index (χ0) is 12.4. The molecule has 18 heavy (non-hydrogen) atoms. The van der Waals surface area contributed by atoms with Crippen LogP contribution in [0, 0.1) is 11.8 Å². The molecule has 0 bridgehead atoms. The Bertz CT molecular complexity index is 385. The average Bonchev–Trinajstić information content (AvgIpc) is 2.25. The van der Waals surface area contributed by atoms with Crippen LogP contribution in [0.5, 0.6) is 0 Å². The second kappa shape index (κ2) is 5.47. The van der Waals surface area contributed by atoms with Crippen molar-refractivity contribution in [3.63, 3.8) is 0 Å². The summed E-state index contributed by atoms with van der Waals surface area (Å²) in [6.07, 6.45) is 11.6. The predicted molar refractivity (Wildman–Crippen MR) is 77.9 cm³/mol. The van der Waals surface area contributed by atoms with Crippen LogP contribution in [-0.4, -0.2) is 0 Å². The molecule has 0 heterocycles. The van der Waals surface area contributed by atoms with Gasteiger partial charge in [-0.15, -0.1) is 0 Å². The molecule has 0 spiro atoms. The fourth-order valence-electron chi connectivity index (χ4n) is 3.54. The minimum atomic E-state index is 0.788. The highest BCUT2D eigenvalue weighted by Gasteiger charge is 2.26. The second-order valence-electron chi connectivity index (χ2n) is 6.51. The maximum atomic E-state index is 2.45. The largest absolute Gasteiger partial charge is 0.0620 e. The number of hydrogen-bond donors (Lipinski definition) is 0. The van der Waals surface area contributed by atoms with Crippen LogP contribution in [0.15, 0.2) is 24.3 Å². The molecule has 1 aromatic carbocycles. The molecule has 0 radical (unpaired) electrons. The fraction of sp³-hybridized carbons (Fsp3) is 0.667. The molecule has 98 valence electrons. The maximum absolute atomic E-state index is 2.45. The first kappa shape index (κ1) is 12.3. The lowest BCUT2D eigenvalue weighted by Crippen LogP contribution is -2.19. The molecule has 3 rings (SSSR count). The molecule has 0 aromatic heterocycles. The van der Waals surface area contributed by atoms with Crippen molar-refractivity contribution in [1.82, 2.24) is 0 Å². The van der Waals surface area contributed by atoms with Gasteiger partial charge in [-0.3, -0.25) is 0 Å². The van der Waals surface area contributed by atoms with Gasteiger partial charge in [-0.05, 0) is 54.6 Å². The van der Waals surface area contributed by atoms with Gasteiger partial charge in [0.25, 0.3) is 0 Å². The van der Waals surface area contributed by atoms with Crippen LogP contribution < -0.4 is 0 Å². The van der Waals surface area contributed by atoms with E-state index in [1.54, 1.807) is 11.1 Å². The van der Waals surface area contributed by atoms with E-state index < -0.39 is 0 Å². The quantitative estimate of drug-likeness (QED) is 0.655. The molecule has 0 aliphatic heterocycles. The Labute approximate surface area is 112 Å². The number of hydrogen-bond acceptors (Lipinski definition) is 0. The summed E-state index contributed by atoms with van der Waals surface area (Å²) in [5, 5.41) is 0. The molecule has 0 heteroatoms. The molecule has 0 nitrogen and oxygen atoms in total. The fourth-order valence-corrected chi connectivity index (χ4v) is 3.54. The third-order valence-corrected chi connectivity index (χ3v) is 5.45. The van der Waals surface area contributed by atoms with Gasteiger partial charge in [-0.1, -0.05) is 56.9 Å². The molecule has 2 aliphatic rings. The van der Waals surface area contributed by atoms with Crippen molar-refractivity contribution in [2.24, 2.45) is 11.8 Å². The smallest absolute Gasteiger partial charge is 0.0159 e. The van der Waals surface area contributed by atoms with Crippen molar-refractivity contribution in [2.45, 2.75) is 64.2 Å². The topological polar surface area (TPSA) is 0 Å². The monoisotopic (exact) mass is 242 g/mol. The Balaban J connectivity index is 1.67. The van der Waals surface area contributed by atoms with Gasteiger partial charge in [-0.25, -0.2) is 0 Å².